The number of ether oxygens (including phenoxy) is 1. The molecular weight excluding hydrogens is 424 g/mol. The fourth-order valence-electron chi connectivity index (χ4n) is 3.63. The highest BCUT2D eigenvalue weighted by Gasteiger charge is 2.40. The van der Waals surface area contributed by atoms with Gasteiger partial charge in [-0.25, -0.2) is 4.90 Å². The van der Waals surface area contributed by atoms with E-state index in [0.29, 0.717) is 27.6 Å². The maximum Gasteiger partial charge on any atom is 0.282 e. The van der Waals surface area contributed by atoms with Gasteiger partial charge in [-0.15, -0.1) is 0 Å². The average molecular weight is 447 g/mol. The van der Waals surface area contributed by atoms with Crippen LogP contribution < -0.4 is 15.0 Å². The lowest BCUT2D eigenvalue weighted by atomic mass is 10.0. The summed E-state index contributed by atoms with van der Waals surface area (Å²) >= 11 is 6.27. The molecule has 0 aliphatic carbocycles. The van der Waals surface area contributed by atoms with E-state index < -0.39 is 11.8 Å². The Hall–Kier alpha value is -3.57. The van der Waals surface area contributed by atoms with Gasteiger partial charge in [-0.1, -0.05) is 47.5 Å². The third kappa shape index (κ3) is 3.87. The largest absolute Gasteiger partial charge is 0.495 e. The molecule has 0 saturated carbocycles. The molecule has 1 N–H and O–H groups in total. The van der Waals surface area contributed by atoms with E-state index in [4.69, 9.17) is 16.3 Å². The first-order valence-corrected chi connectivity index (χ1v) is 10.6. The van der Waals surface area contributed by atoms with Crippen LogP contribution in [0.25, 0.3) is 5.57 Å². The third-order valence-corrected chi connectivity index (χ3v) is 5.89. The fraction of sp³-hybridized carbons (Fsp3) is 0.154. The van der Waals surface area contributed by atoms with Gasteiger partial charge < -0.3 is 10.1 Å². The Balaban J connectivity index is 1.81. The maximum absolute atomic E-state index is 13.5. The number of amides is 2. The molecule has 3 aromatic rings. The number of halogens is 1. The van der Waals surface area contributed by atoms with E-state index >= 15 is 0 Å². The van der Waals surface area contributed by atoms with Gasteiger partial charge in [0.15, 0.2) is 0 Å². The van der Waals surface area contributed by atoms with Crippen molar-refractivity contribution in [3.63, 3.8) is 0 Å². The van der Waals surface area contributed by atoms with Crippen molar-refractivity contribution in [2.45, 2.75) is 20.8 Å². The number of carbonyl (C=O) groups excluding carboxylic acids is 2. The van der Waals surface area contributed by atoms with Gasteiger partial charge in [0.05, 0.1) is 23.4 Å². The van der Waals surface area contributed by atoms with Crippen LogP contribution in [-0.2, 0) is 9.59 Å². The highest BCUT2D eigenvalue weighted by Crippen LogP contribution is 2.36. The summed E-state index contributed by atoms with van der Waals surface area (Å²) in [7, 11) is 1.51. The van der Waals surface area contributed by atoms with Crippen molar-refractivity contribution in [3.8, 4) is 5.75 Å². The van der Waals surface area contributed by atoms with Crippen LogP contribution in [-0.4, -0.2) is 18.9 Å². The molecule has 0 radical (unpaired) electrons. The zero-order valence-corrected chi connectivity index (χ0v) is 19.1. The molecule has 32 heavy (non-hydrogen) atoms. The van der Waals surface area contributed by atoms with E-state index in [1.165, 1.54) is 7.11 Å². The van der Waals surface area contributed by atoms with Crippen LogP contribution in [0.2, 0.25) is 5.02 Å². The molecule has 3 aromatic carbocycles. The molecule has 0 saturated heterocycles. The van der Waals surface area contributed by atoms with Crippen LogP contribution in [0.15, 0.2) is 66.4 Å². The lowest BCUT2D eigenvalue weighted by Crippen LogP contribution is -2.32. The van der Waals surface area contributed by atoms with Crippen LogP contribution in [0.1, 0.15) is 22.3 Å². The van der Waals surface area contributed by atoms with Crippen molar-refractivity contribution in [1.82, 2.24) is 0 Å². The Bertz CT molecular complexity index is 1260. The number of aryl methyl sites for hydroxylation is 3. The molecule has 6 heteroatoms. The number of hydrogen-bond donors (Lipinski definition) is 1. The number of methoxy groups -OCH3 is 1. The number of hydrogen-bond acceptors (Lipinski definition) is 4. The molecule has 5 nitrogen and oxygen atoms in total. The van der Waals surface area contributed by atoms with Crippen LogP contribution in [0.5, 0.6) is 5.75 Å². The summed E-state index contributed by atoms with van der Waals surface area (Å²) < 4.78 is 5.20. The second kappa shape index (κ2) is 8.52. The average Bonchev–Trinajstić information content (AvgIpc) is 3.01. The Morgan fingerprint density at radius 2 is 1.56 bits per heavy atom. The predicted octanol–water partition coefficient (Wildman–Crippen LogP) is 5.67. The molecule has 1 aliphatic rings. The van der Waals surface area contributed by atoms with E-state index in [-0.39, 0.29) is 5.70 Å². The summed E-state index contributed by atoms with van der Waals surface area (Å²) in [6, 6.07) is 18.2. The van der Waals surface area contributed by atoms with Gasteiger partial charge in [-0.05, 0) is 67.8 Å². The fourth-order valence-corrected chi connectivity index (χ4v) is 3.88. The zero-order valence-electron chi connectivity index (χ0n) is 18.3. The van der Waals surface area contributed by atoms with E-state index in [0.717, 1.165) is 27.3 Å². The first-order chi connectivity index (χ1) is 15.3. The Labute approximate surface area is 192 Å². The molecule has 162 valence electrons. The number of benzene rings is 3. The van der Waals surface area contributed by atoms with E-state index in [1.54, 1.807) is 18.2 Å². The second-order valence-electron chi connectivity index (χ2n) is 7.80. The molecule has 0 bridgehead atoms. The van der Waals surface area contributed by atoms with Gasteiger partial charge in [-0.3, -0.25) is 9.59 Å². The predicted molar refractivity (Wildman–Crippen MR) is 128 cm³/mol. The van der Waals surface area contributed by atoms with Crippen molar-refractivity contribution in [3.05, 3.63) is 93.6 Å². The lowest BCUT2D eigenvalue weighted by molar-refractivity contribution is -0.120. The SMILES string of the molecule is COc1ccc(N2C(=O)C(Nc3ccc(C)c(C)c3)=C(c3ccc(C)cc3)C2=O)cc1Cl. The Morgan fingerprint density at radius 3 is 2.19 bits per heavy atom. The highest BCUT2D eigenvalue weighted by molar-refractivity contribution is 6.46. The molecule has 0 spiro atoms. The minimum absolute atomic E-state index is 0.231. The molecule has 0 fully saturated rings. The van der Waals surface area contributed by atoms with Crippen molar-refractivity contribution < 1.29 is 14.3 Å². The van der Waals surface area contributed by atoms with Gasteiger partial charge in [-0.2, -0.15) is 0 Å². The number of carbonyl (C=O) groups is 2. The summed E-state index contributed by atoms with van der Waals surface area (Å²) in [5.41, 5.74) is 5.63. The van der Waals surface area contributed by atoms with Gasteiger partial charge in [0.1, 0.15) is 11.4 Å². The maximum atomic E-state index is 13.5. The minimum atomic E-state index is -0.440. The monoisotopic (exact) mass is 446 g/mol. The number of nitrogens with zero attached hydrogens (tertiary/aromatic N) is 1. The number of nitrogens with one attached hydrogen (secondary N) is 1. The van der Waals surface area contributed by atoms with Crippen molar-refractivity contribution >= 4 is 40.4 Å². The molecule has 1 aliphatic heterocycles. The second-order valence-corrected chi connectivity index (χ2v) is 8.21. The van der Waals surface area contributed by atoms with Gasteiger partial charge in [0, 0.05) is 5.69 Å². The van der Waals surface area contributed by atoms with Gasteiger partial charge >= 0.3 is 0 Å². The third-order valence-electron chi connectivity index (χ3n) is 5.59. The first-order valence-electron chi connectivity index (χ1n) is 10.2. The van der Waals surface area contributed by atoms with Gasteiger partial charge in [0.25, 0.3) is 11.8 Å². The summed E-state index contributed by atoms with van der Waals surface area (Å²) in [5, 5.41) is 3.52. The van der Waals surface area contributed by atoms with Crippen molar-refractivity contribution in [2.75, 3.05) is 17.3 Å². The van der Waals surface area contributed by atoms with E-state index in [2.05, 4.69) is 5.32 Å². The summed E-state index contributed by atoms with van der Waals surface area (Å²) in [6.07, 6.45) is 0. The Morgan fingerprint density at radius 1 is 0.844 bits per heavy atom. The van der Waals surface area contributed by atoms with Gasteiger partial charge in [0.2, 0.25) is 0 Å². The summed E-state index contributed by atoms with van der Waals surface area (Å²) in [5.74, 6) is -0.383. The van der Waals surface area contributed by atoms with Crippen LogP contribution in [0, 0.1) is 20.8 Å². The van der Waals surface area contributed by atoms with E-state index in [9.17, 15) is 9.59 Å². The van der Waals surface area contributed by atoms with Crippen LogP contribution in [0.4, 0.5) is 11.4 Å². The Kier molecular flexibility index (Phi) is 5.76. The minimum Gasteiger partial charge on any atom is -0.495 e. The standard InChI is InChI=1S/C26H23ClN2O3/c1-15-5-8-18(9-6-15)23-24(28-19-10-7-16(2)17(3)13-19)26(31)29(25(23)30)20-11-12-22(32-4)21(27)14-20/h5-14,28H,1-4H3. The summed E-state index contributed by atoms with van der Waals surface area (Å²) in [6.45, 7) is 6.00. The molecule has 0 atom stereocenters. The van der Waals surface area contributed by atoms with Crippen LogP contribution in [0.3, 0.4) is 0 Å². The highest BCUT2D eigenvalue weighted by atomic mass is 35.5. The van der Waals surface area contributed by atoms with Crippen molar-refractivity contribution in [1.29, 1.82) is 0 Å². The summed E-state index contributed by atoms with van der Waals surface area (Å²) in [4.78, 5) is 28.2. The number of imide groups is 1. The smallest absolute Gasteiger partial charge is 0.282 e. The number of anilines is 2. The number of rotatable bonds is 5. The topological polar surface area (TPSA) is 58.6 Å². The molecule has 2 amide bonds. The molecular formula is C26H23ClN2O3. The van der Waals surface area contributed by atoms with Crippen LogP contribution >= 0.6 is 11.6 Å². The van der Waals surface area contributed by atoms with E-state index in [1.807, 2.05) is 63.2 Å². The quantitative estimate of drug-likeness (QED) is 0.513. The molecule has 1 heterocycles. The lowest BCUT2D eigenvalue weighted by Gasteiger charge is -2.17. The molecule has 4 rings (SSSR count). The zero-order chi connectivity index (χ0) is 23.0. The first kappa shape index (κ1) is 21.7. The normalized spacial score (nSPS) is 13.7. The molecule has 0 unspecified atom stereocenters. The molecule has 0 aromatic heterocycles. The van der Waals surface area contributed by atoms with Crippen molar-refractivity contribution in [2.24, 2.45) is 0 Å².